The van der Waals surface area contributed by atoms with Crippen LogP contribution in [0.25, 0.3) is 22.0 Å². The SMILES string of the molecule is Cc1n[c-]nc(Nc2ccc(C)c(Nc3ccc4c5c(cc(=O)n4C)-c4ccccc4C(=O)c35)c2)n1.[Y]. The Morgan fingerprint density at radius 2 is 1.62 bits per heavy atom. The van der Waals surface area contributed by atoms with E-state index in [1.165, 1.54) is 0 Å². The molecule has 2 aromatic heterocycles. The van der Waals surface area contributed by atoms with Crippen molar-refractivity contribution in [3.63, 3.8) is 0 Å². The van der Waals surface area contributed by atoms with Crippen LogP contribution in [-0.4, -0.2) is 25.3 Å². The van der Waals surface area contributed by atoms with E-state index in [2.05, 4.69) is 31.9 Å². The molecule has 0 amide bonds. The van der Waals surface area contributed by atoms with Crippen LogP contribution in [0.2, 0.25) is 0 Å². The zero-order valence-electron chi connectivity index (χ0n) is 20.5. The number of anilines is 4. The number of carbonyl (C=O) groups is 1. The van der Waals surface area contributed by atoms with Crippen molar-refractivity contribution in [1.82, 2.24) is 19.5 Å². The predicted octanol–water partition coefficient (Wildman–Crippen LogP) is 4.84. The molecular formula is C28H21N6O2Y-. The van der Waals surface area contributed by atoms with Gasteiger partial charge in [0, 0.05) is 80.3 Å². The van der Waals surface area contributed by atoms with Gasteiger partial charge in [-0.2, -0.15) is 0 Å². The van der Waals surface area contributed by atoms with Crippen molar-refractivity contribution < 1.29 is 37.5 Å². The quantitative estimate of drug-likeness (QED) is 0.297. The molecule has 0 saturated heterocycles. The van der Waals surface area contributed by atoms with Gasteiger partial charge in [-0.3, -0.25) is 9.59 Å². The van der Waals surface area contributed by atoms with Crippen LogP contribution in [0.15, 0.2) is 65.5 Å². The van der Waals surface area contributed by atoms with Gasteiger partial charge in [0.1, 0.15) is 5.95 Å². The second-order valence-corrected chi connectivity index (χ2v) is 8.80. The number of carbonyl (C=O) groups excluding carboxylic acids is 1. The van der Waals surface area contributed by atoms with Crippen molar-refractivity contribution in [2.45, 2.75) is 13.8 Å². The van der Waals surface area contributed by atoms with Gasteiger partial charge in [0.2, 0.25) is 0 Å². The van der Waals surface area contributed by atoms with Gasteiger partial charge in [-0.05, 0) is 47.9 Å². The van der Waals surface area contributed by atoms with Crippen LogP contribution in [-0.2, 0) is 39.8 Å². The largest absolute Gasteiger partial charge is 0.378 e. The van der Waals surface area contributed by atoms with E-state index in [0.29, 0.717) is 28.6 Å². The third-order valence-electron chi connectivity index (χ3n) is 6.50. The molecule has 0 saturated carbocycles. The number of aryl methyl sites for hydroxylation is 3. The maximum Gasteiger partial charge on any atom is 0.251 e. The van der Waals surface area contributed by atoms with E-state index in [9.17, 15) is 9.59 Å². The van der Waals surface area contributed by atoms with Crippen LogP contribution in [0.4, 0.5) is 23.0 Å². The van der Waals surface area contributed by atoms with E-state index in [1.54, 1.807) is 24.6 Å². The summed E-state index contributed by atoms with van der Waals surface area (Å²) < 4.78 is 1.58. The van der Waals surface area contributed by atoms with Crippen molar-refractivity contribution in [3.05, 3.63) is 99.9 Å². The molecule has 0 unspecified atom stereocenters. The van der Waals surface area contributed by atoms with Gasteiger partial charge in [0.05, 0.1) is 16.8 Å². The summed E-state index contributed by atoms with van der Waals surface area (Å²) in [7, 11) is 1.73. The van der Waals surface area contributed by atoms with Crippen molar-refractivity contribution in [2.24, 2.45) is 7.05 Å². The van der Waals surface area contributed by atoms with Gasteiger partial charge in [-0.15, -0.1) is 0 Å². The van der Waals surface area contributed by atoms with E-state index in [-0.39, 0.29) is 44.1 Å². The number of hydrogen-bond donors (Lipinski definition) is 2. The van der Waals surface area contributed by atoms with Gasteiger partial charge >= 0.3 is 0 Å². The summed E-state index contributed by atoms with van der Waals surface area (Å²) in [5.74, 6) is 0.889. The monoisotopic (exact) mass is 562 g/mol. The van der Waals surface area contributed by atoms with E-state index >= 15 is 0 Å². The van der Waals surface area contributed by atoms with Gasteiger partial charge in [-0.25, -0.2) is 0 Å². The summed E-state index contributed by atoms with van der Waals surface area (Å²) in [6.45, 7) is 3.77. The van der Waals surface area contributed by atoms with Crippen LogP contribution < -0.4 is 16.2 Å². The Bertz CT molecular complexity index is 1780. The molecule has 2 N–H and O–H groups in total. The molecular weight excluding hydrogens is 541 g/mol. The zero-order valence-corrected chi connectivity index (χ0v) is 23.3. The molecule has 1 aliphatic rings. The Balaban J connectivity index is 0.00000280. The molecule has 0 bridgehead atoms. The minimum absolute atomic E-state index is 0. The van der Waals surface area contributed by atoms with Crippen LogP contribution in [0.5, 0.6) is 0 Å². The fourth-order valence-electron chi connectivity index (χ4n) is 4.67. The molecule has 5 aromatic rings. The van der Waals surface area contributed by atoms with E-state index in [0.717, 1.165) is 39.0 Å². The number of hydrogen-bond acceptors (Lipinski definition) is 7. The number of benzene rings is 3. The third-order valence-corrected chi connectivity index (χ3v) is 6.50. The molecule has 1 aliphatic carbocycles. The Morgan fingerprint density at radius 1 is 0.838 bits per heavy atom. The van der Waals surface area contributed by atoms with Gasteiger partial charge in [0.25, 0.3) is 5.56 Å². The third kappa shape index (κ3) is 4.26. The molecule has 9 heteroatoms. The van der Waals surface area contributed by atoms with Gasteiger partial charge in [0.15, 0.2) is 5.78 Å². The number of ketones is 1. The first-order chi connectivity index (χ1) is 17.4. The standard InChI is InChI=1S/C28H21N6O2.Y/c1-15-8-9-17(32-28-30-14-29-16(2)31-28)12-22(15)33-21-10-11-23-25-20(13-24(35)34(23)3)18-6-4-5-7-19(18)27(36)26(21)25;/h4-13,33H,1-3H3,(H,29,30,31,32);/q-1;. The maximum absolute atomic E-state index is 13.8. The Kier molecular flexibility index (Phi) is 6.48. The fourth-order valence-corrected chi connectivity index (χ4v) is 4.67. The molecule has 0 aliphatic heterocycles. The summed E-state index contributed by atoms with van der Waals surface area (Å²) >= 11 is 0. The summed E-state index contributed by atoms with van der Waals surface area (Å²) in [6.07, 6.45) is 2.58. The van der Waals surface area contributed by atoms with Crippen LogP contribution >= 0.6 is 0 Å². The minimum atomic E-state index is -0.117. The summed E-state index contributed by atoms with van der Waals surface area (Å²) in [6, 6.07) is 18.6. The Labute approximate surface area is 238 Å². The molecule has 3 aromatic carbocycles. The van der Waals surface area contributed by atoms with E-state index in [4.69, 9.17) is 0 Å². The first kappa shape index (κ1) is 24.9. The molecule has 0 atom stereocenters. The Hall–Kier alpha value is -3.75. The molecule has 6 rings (SSSR count). The zero-order chi connectivity index (χ0) is 25.0. The molecule has 0 fully saturated rings. The van der Waals surface area contributed by atoms with Crippen molar-refractivity contribution in [2.75, 3.05) is 10.6 Å². The van der Waals surface area contributed by atoms with Crippen LogP contribution in [0.3, 0.4) is 0 Å². The normalized spacial score (nSPS) is 11.6. The van der Waals surface area contributed by atoms with Gasteiger partial charge < -0.3 is 30.2 Å². The number of rotatable bonds is 4. The fraction of sp³-hybridized carbons (Fsp3) is 0.107. The van der Waals surface area contributed by atoms with Crippen molar-refractivity contribution in [3.8, 4) is 11.1 Å². The average molecular weight is 562 g/mol. The number of fused-ring (bicyclic) bond motifs is 2. The van der Waals surface area contributed by atoms with Crippen LogP contribution in [0.1, 0.15) is 27.3 Å². The summed E-state index contributed by atoms with van der Waals surface area (Å²) in [5.41, 5.74) is 6.56. The summed E-state index contributed by atoms with van der Waals surface area (Å²) in [5, 5.41) is 7.41. The van der Waals surface area contributed by atoms with Gasteiger partial charge in [-0.1, -0.05) is 37.3 Å². The number of pyridine rings is 1. The molecule has 0 spiro atoms. The Morgan fingerprint density at radius 3 is 2.41 bits per heavy atom. The summed E-state index contributed by atoms with van der Waals surface area (Å²) in [4.78, 5) is 38.7. The smallest absolute Gasteiger partial charge is 0.251 e. The van der Waals surface area contributed by atoms with E-state index in [1.807, 2.05) is 61.5 Å². The van der Waals surface area contributed by atoms with Crippen molar-refractivity contribution in [1.29, 1.82) is 0 Å². The average Bonchev–Trinajstić information content (AvgIpc) is 2.87. The molecule has 179 valence electrons. The maximum atomic E-state index is 13.8. The molecule has 2 heterocycles. The van der Waals surface area contributed by atoms with Crippen molar-refractivity contribution >= 4 is 39.7 Å². The molecule has 37 heavy (non-hydrogen) atoms. The molecule has 1 radical (unpaired) electrons. The molecule has 8 nitrogen and oxygen atoms in total. The minimum Gasteiger partial charge on any atom is -0.378 e. The predicted molar refractivity (Wildman–Crippen MR) is 139 cm³/mol. The number of nitrogens with one attached hydrogen (secondary N) is 2. The first-order valence-electron chi connectivity index (χ1n) is 11.4. The first-order valence-corrected chi connectivity index (χ1v) is 11.4. The number of aromatic nitrogens is 4. The van der Waals surface area contributed by atoms with Crippen LogP contribution in [0, 0.1) is 20.2 Å². The second-order valence-electron chi connectivity index (χ2n) is 8.80. The number of nitrogens with zero attached hydrogens (tertiary/aromatic N) is 4. The topological polar surface area (TPSA) is 102 Å². The van der Waals surface area contributed by atoms with E-state index < -0.39 is 0 Å². The second kappa shape index (κ2) is 9.61.